The first-order valence-corrected chi connectivity index (χ1v) is 3.69. The van der Waals surface area contributed by atoms with E-state index >= 15 is 0 Å². The maximum Gasteiger partial charge on any atom is 0.0163 e. The Kier molecular flexibility index (Phi) is 2.29. The molecule has 0 saturated carbocycles. The Bertz CT molecular complexity index is 98.7. The highest BCUT2D eigenvalue weighted by Gasteiger charge is 2.17. The number of hydrogen-bond acceptors (Lipinski definition) is 1. The third-order valence-corrected chi connectivity index (χ3v) is 2.05. The molecule has 1 heterocycles. The van der Waals surface area contributed by atoms with Crippen LogP contribution in [0.25, 0.3) is 0 Å². The van der Waals surface area contributed by atoms with Gasteiger partial charge in [0.25, 0.3) is 0 Å². The topological polar surface area (TPSA) is 3.24 Å². The van der Waals surface area contributed by atoms with Crippen molar-refractivity contribution >= 4 is 0 Å². The van der Waals surface area contributed by atoms with Gasteiger partial charge >= 0.3 is 0 Å². The Balaban J connectivity index is 2.30. The lowest BCUT2D eigenvalue weighted by molar-refractivity contribution is 0.298. The van der Waals surface area contributed by atoms with Gasteiger partial charge in [0, 0.05) is 12.6 Å². The fourth-order valence-electron chi connectivity index (χ4n) is 1.43. The summed E-state index contributed by atoms with van der Waals surface area (Å²) in [6.45, 7) is 8.35. The third-order valence-electron chi connectivity index (χ3n) is 2.05. The lowest BCUT2D eigenvalue weighted by Crippen LogP contribution is -2.26. The predicted octanol–water partition coefficient (Wildman–Crippen LogP) is 1.66. The van der Waals surface area contributed by atoms with E-state index in [4.69, 9.17) is 0 Å². The molecule has 1 nitrogen and oxygen atoms in total. The average Bonchev–Trinajstić information content (AvgIpc) is 2.18. The number of likely N-dealkylation sites (tertiary alicyclic amines) is 1. The molecule has 0 spiro atoms. The van der Waals surface area contributed by atoms with Crippen LogP contribution in [-0.2, 0) is 0 Å². The first-order valence-electron chi connectivity index (χ1n) is 3.69. The van der Waals surface area contributed by atoms with Gasteiger partial charge < -0.3 is 0 Å². The summed E-state index contributed by atoms with van der Waals surface area (Å²) in [5.74, 6) is 0. The minimum Gasteiger partial charge on any atom is -0.297 e. The molecule has 52 valence electrons. The third kappa shape index (κ3) is 1.55. The summed E-state index contributed by atoms with van der Waals surface area (Å²) in [4.78, 5) is 2.47. The fraction of sp³-hybridized carbons (Fsp3) is 0.750. The molecule has 9 heavy (non-hydrogen) atoms. The summed E-state index contributed by atoms with van der Waals surface area (Å²) in [6.07, 6.45) is 4.73. The van der Waals surface area contributed by atoms with Crippen LogP contribution >= 0.6 is 0 Å². The summed E-state index contributed by atoms with van der Waals surface area (Å²) in [7, 11) is 0. The molecule has 0 radical (unpaired) electrons. The predicted molar refractivity (Wildman–Crippen MR) is 40.5 cm³/mol. The van der Waals surface area contributed by atoms with E-state index in [0.29, 0.717) is 0 Å². The quantitative estimate of drug-likeness (QED) is 0.507. The van der Waals surface area contributed by atoms with Gasteiger partial charge in [-0.2, -0.15) is 0 Å². The molecule has 1 saturated heterocycles. The first-order chi connectivity index (χ1) is 4.34. The van der Waals surface area contributed by atoms with Gasteiger partial charge in [-0.05, 0) is 26.3 Å². The van der Waals surface area contributed by atoms with Gasteiger partial charge in [-0.1, -0.05) is 6.08 Å². The molecular weight excluding hydrogens is 110 g/mol. The number of rotatable bonds is 2. The van der Waals surface area contributed by atoms with Crippen LogP contribution in [0.4, 0.5) is 0 Å². The molecule has 0 N–H and O–H groups in total. The standard InChI is InChI=1S/C8H15N/c1-3-6-9-7-4-5-8(9)2/h3,8H,1,4-7H2,2H3. The smallest absolute Gasteiger partial charge is 0.0163 e. The second kappa shape index (κ2) is 3.02. The Hall–Kier alpha value is -0.300. The monoisotopic (exact) mass is 125 g/mol. The molecule has 1 unspecified atom stereocenters. The lowest BCUT2D eigenvalue weighted by atomic mass is 10.2. The van der Waals surface area contributed by atoms with Gasteiger partial charge in [-0.3, -0.25) is 4.90 Å². The second-order valence-electron chi connectivity index (χ2n) is 2.77. The van der Waals surface area contributed by atoms with E-state index in [1.165, 1.54) is 19.4 Å². The Labute approximate surface area is 57.4 Å². The van der Waals surface area contributed by atoms with Gasteiger partial charge in [0.1, 0.15) is 0 Å². The molecule has 1 heteroatoms. The zero-order valence-corrected chi connectivity index (χ0v) is 6.14. The zero-order valence-electron chi connectivity index (χ0n) is 6.14. The molecule has 1 aliphatic heterocycles. The van der Waals surface area contributed by atoms with Crippen molar-refractivity contribution in [1.29, 1.82) is 0 Å². The molecule has 0 aromatic carbocycles. The van der Waals surface area contributed by atoms with E-state index < -0.39 is 0 Å². The second-order valence-corrected chi connectivity index (χ2v) is 2.77. The first kappa shape index (κ1) is 6.81. The van der Waals surface area contributed by atoms with Gasteiger partial charge in [0.05, 0.1) is 0 Å². The summed E-state index contributed by atoms with van der Waals surface area (Å²) < 4.78 is 0. The number of hydrogen-bond donors (Lipinski definition) is 0. The van der Waals surface area contributed by atoms with E-state index in [2.05, 4.69) is 18.4 Å². The van der Waals surface area contributed by atoms with E-state index in [1.807, 2.05) is 6.08 Å². The van der Waals surface area contributed by atoms with Crippen LogP contribution in [0, 0.1) is 0 Å². The molecule has 1 rings (SSSR count). The van der Waals surface area contributed by atoms with Crippen molar-refractivity contribution < 1.29 is 0 Å². The Morgan fingerprint density at radius 3 is 3.00 bits per heavy atom. The molecule has 0 aliphatic carbocycles. The van der Waals surface area contributed by atoms with Crippen LogP contribution in [0.5, 0.6) is 0 Å². The van der Waals surface area contributed by atoms with E-state index in [1.54, 1.807) is 0 Å². The summed E-state index contributed by atoms with van der Waals surface area (Å²) in [6, 6.07) is 0.794. The average molecular weight is 125 g/mol. The van der Waals surface area contributed by atoms with Crippen molar-refractivity contribution in [2.45, 2.75) is 25.8 Å². The highest BCUT2D eigenvalue weighted by molar-refractivity contribution is 4.81. The van der Waals surface area contributed by atoms with Crippen molar-refractivity contribution in [3.63, 3.8) is 0 Å². The van der Waals surface area contributed by atoms with Crippen molar-refractivity contribution in [2.75, 3.05) is 13.1 Å². The van der Waals surface area contributed by atoms with Crippen LogP contribution in [0.2, 0.25) is 0 Å². The summed E-state index contributed by atoms with van der Waals surface area (Å²) >= 11 is 0. The number of nitrogens with zero attached hydrogens (tertiary/aromatic N) is 1. The van der Waals surface area contributed by atoms with Gasteiger partial charge in [-0.15, -0.1) is 6.58 Å². The minimum absolute atomic E-state index is 0.794. The van der Waals surface area contributed by atoms with Crippen LogP contribution < -0.4 is 0 Å². The highest BCUT2D eigenvalue weighted by atomic mass is 15.2. The molecule has 1 atom stereocenters. The fourth-order valence-corrected chi connectivity index (χ4v) is 1.43. The summed E-state index contributed by atoms with van der Waals surface area (Å²) in [5.41, 5.74) is 0. The zero-order chi connectivity index (χ0) is 6.69. The van der Waals surface area contributed by atoms with Crippen molar-refractivity contribution in [3.05, 3.63) is 12.7 Å². The highest BCUT2D eigenvalue weighted by Crippen LogP contribution is 2.15. The molecule has 0 aromatic rings. The summed E-state index contributed by atoms with van der Waals surface area (Å²) in [5, 5.41) is 0. The molecule has 0 aromatic heterocycles. The van der Waals surface area contributed by atoms with E-state index in [0.717, 1.165) is 12.6 Å². The maximum atomic E-state index is 3.72. The SMILES string of the molecule is C=CCN1CCCC1C. The van der Waals surface area contributed by atoms with Crippen LogP contribution in [-0.4, -0.2) is 24.0 Å². The Morgan fingerprint density at radius 2 is 2.56 bits per heavy atom. The van der Waals surface area contributed by atoms with Crippen LogP contribution in [0.15, 0.2) is 12.7 Å². The van der Waals surface area contributed by atoms with Crippen molar-refractivity contribution in [1.82, 2.24) is 4.90 Å². The minimum atomic E-state index is 0.794. The van der Waals surface area contributed by atoms with Gasteiger partial charge in [0.2, 0.25) is 0 Å². The van der Waals surface area contributed by atoms with Crippen molar-refractivity contribution in [2.24, 2.45) is 0 Å². The van der Waals surface area contributed by atoms with Crippen LogP contribution in [0.3, 0.4) is 0 Å². The van der Waals surface area contributed by atoms with E-state index in [-0.39, 0.29) is 0 Å². The van der Waals surface area contributed by atoms with Crippen LogP contribution in [0.1, 0.15) is 19.8 Å². The molecule has 0 amide bonds. The van der Waals surface area contributed by atoms with Gasteiger partial charge in [-0.25, -0.2) is 0 Å². The Morgan fingerprint density at radius 1 is 1.78 bits per heavy atom. The normalized spacial score (nSPS) is 28.8. The van der Waals surface area contributed by atoms with Crippen molar-refractivity contribution in [3.8, 4) is 0 Å². The maximum absolute atomic E-state index is 3.72. The molecule has 0 bridgehead atoms. The lowest BCUT2D eigenvalue weighted by Gasteiger charge is -2.17. The molecular formula is C8H15N. The largest absolute Gasteiger partial charge is 0.297 e. The van der Waals surface area contributed by atoms with E-state index in [9.17, 15) is 0 Å². The molecule has 1 fully saturated rings. The molecule has 1 aliphatic rings. The van der Waals surface area contributed by atoms with Gasteiger partial charge in [0.15, 0.2) is 0 Å².